The van der Waals surface area contributed by atoms with Gasteiger partial charge in [0.1, 0.15) is 5.82 Å². The third-order valence-electron chi connectivity index (χ3n) is 2.96. The first-order valence-corrected chi connectivity index (χ1v) is 10.1. The first kappa shape index (κ1) is 19.8. The van der Waals surface area contributed by atoms with Crippen LogP contribution in [0, 0.1) is 5.82 Å². The van der Waals surface area contributed by atoms with Crippen molar-refractivity contribution in [3.05, 3.63) is 62.3 Å². The van der Waals surface area contributed by atoms with Gasteiger partial charge in [-0.15, -0.1) is 0 Å². The van der Waals surface area contributed by atoms with E-state index >= 15 is 0 Å². The number of rotatable bonds is 6. The summed E-state index contributed by atoms with van der Waals surface area (Å²) in [4.78, 5) is 0. The van der Waals surface area contributed by atoms with Crippen molar-refractivity contribution in [2.24, 2.45) is 0 Å². The minimum Gasteiger partial charge on any atom is -0.362 e. The summed E-state index contributed by atoms with van der Waals surface area (Å²) in [7, 11) is 0. The molecule has 0 heterocycles. The van der Waals surface area contributed by atoms with E-state index in [9.17, 15) is 4.39 Å². The molecule has 0 aliphatic carbocycles. The van der Waals surface area contributed by atoms with E-state index in [1.165, 1.54) is 6.07 Å². The van der Waals surface area contributed by atoms with Gasteiger partial charge in [-0.2, -0.15) is 11.8 Å². The van der Waals surface area contributed by atoms with E-state index in [1.807, 2.05) is 12.1 Å². The molecule has 0 amide bonds. The Hall–Kier alpha value is -0.530. The van der Waals surface area contributed by atoms with Gasteiger partial charge in [0, 0.05) is 22.5 Å². The maximum atomic E-state index is 13.7. The Balaban J connectivity index is 1.68. The van der Waals surface area contributed by atoms with Crippen LogP contribution < -0.4 is 10.6 Å². The number of nitrogens with one attached hydrogen (secondary N) is 2. The third-order valence-corrected chi connectivity index (χ3v) is 5.47. The zero-order valence-electron chi connectivity index (χ0n) is 12.4. The second kappa shape index (κ2) is 9.82. The summed E-state index contributed by atoms with van der Waals surface area (Å²) in [5.41, 5.74) is 1.46. The number of hydrogen-bond donors (Lipinski definition) is 2. The van der Waals surface area contributed by atoms with Crippen LogP contribution in [0.1, 0.15) is 5.56 Å². The lowest BCUT2D eigenvalue weighted by Crippen LogP contribution is -2.30. The summed E-state index contributed by atoms with van der Waals surface area (Å²) in [5.74, 6) is 1.33. The molecule has 2 aromatic rings. The second-order valence-corrected chi connectivity index (χ2v) is 8.05. The Kier molecular flexibility index (Phi) is 8.10. The number of halogens is 4. The van der Waals surface area contributed by atoms with E-state index < -0.39 is 0 Å². The molecule has 0 atom stereocenters. The van der Waals surface area contributed by atoms with Crippen LogP contribution in [0.4, 0.5) is 10.1 Å². The van der Waals surface area contributed by atoms with Gasteiger partial charge in [0.25, 0.3) is 0 Å². The molecule has 2 rings (SSSR count). The number of hydrogen-bond acceptors (Lipinski definition) is 2. The molecule has 128 valence electrons. The highest BCUT2D eigenvalue weighted by Gasteiger charge is 2.04. The van der Waals surface area contributed by atoms with Crippen LogP contribution >= 0.6 is 63.1 Å². The normalized spacial score (nSPS) is 10.5. The van der Waals surface area contributed by atoms with Crippen LogP contribution in [-0.2, 0) is 5.75 Å². The van der Waals surface area contributed by atoms with Gasteiger partial charge in [-0.1, -0.05) is 45.2 Å². The molecule has 0 aliphatic rings. The molecule has 0 unspecified atom stereocenters. The molecule has 2 nitrogen and oxygen atoms in total. The highest BCUT2D eigenvalue weighted by atomic mass is 79.9. The van der Waals surface area contributed by atoms with Gasteiger partial charge < -0.3 is 10.6 Å². The van der Waals surface area contributed by atoms with E-state index in [2.05, 4.69) is 26.6 Å². The number of thiocarbonyl (C=S) groups is 1. The molecule has 0 spiro atoms. The average molecular weight is 468 g/mol. The van der Waals surface area contributed by atoms with Gasteiger partial charge in [0.15, 0.2) is 5.11 Å². The van der Waals surface area contributed by atoms with E-state index in [4.69, 9.17) is 35.4 Å². The average Bonchev–Trinajstić information content (AvgIpc) is 2.53. The lowest BCUT2D eigenvalue weighted by atomic mass is 10.2. The van der Waals surface area contributed by atoms with Crippen molar-refractivity contribution in [3.8, 4) is 0 Å². The Bertz CT molecular complexity index is 731. The second-order valence-electron chi connectivity index (χ2n) is 4.81. The highest BCUT2D eigenvalue weighted by Crippen LogP contribution is 2.24. The molecule has 8 heteroatoms. The van der Waals surface area contributed by atoms with Gasteiger partial charge in [0.05, 0.1) is 15.7 Å². The fraction of sp³-hybridized carbons (Fsp3) is 0.188. The highest BCUT2D eigenvalue weighted by molar-refractivity contribution is 9.10. The number of benzene rings is 2. The number of anilines is 1. The predicted molar refractivity (Wildman–Crippen MR) is 111 cm³/mol. The molecule has 0 saturated carbocycles. The number of thioether (sulfide) groups is 1. The summed E-state index contributed by atoms with van der Waals surface area (Å²) in [6.07, 6.45) is 0. The Morgan fingerprint density at radius 1 is 1.17 bits per heavy atom. The lowest BCUT2D eigenvalue weighted by Gasteiger charge is -2.11. The Labute approximate surface area is 168 Å². The molecular formula is C16H14BrCl2FN2S2. The first-order chi connectivity index (χ1) is 11.5. The molecule has 2 aromatic carbocycles. The monoisotopic (exact) mass is 466 g/mol. The maximum Gasteiger partial charge on any atom is 0.170 e. The van der Waals surface area contributed by atoms with Gasteiger partial charge >= 0.3 is 0 Å². The summed E-state index contributed by atoms with van der Waals surface area (Å²) in [6.45, 7) is 0.677. The van der Waals surface area contributed by atoms with E-state index in [0.717, 1.165) is 17.1 Å². The third kappa shape index (κ3) is 6.41. The summed E-state index contributed by atoms with van der Waals surface area (Å²) >= 11 is 22.0. The van der Waals surface area contributed by atoms with Crippen molar-refractivity contribution in [2.75, 3.05) is 17.6 Å². The van der Waals surface area contributed by atoms with Crippen molar-refractivity contribution < 1.29 is 4.39 Å². The SMILES string of the molecule is Fc1cc(Br)ccc1NC(=S)NCCSCc1ccc(Cl)c(Cl)c1. The van der Waals surface area contributed by atoms with Crippen molar-refractivity contribution in [1.82, 2.24) is 5.32 Å². The van der Waals surface area contributed by atoms with Crippen LogP contribution in [0.5, 0.6) is 0 Å². The topological polar surface area (TPSA) is 24.1 Å². The summed E-state index contributed by atoms with van der Waals surface area (Å²) in [5, 5.41) is 7.41. The van der Waals surface area contributed by atoms with Crippen LogP contribution in [0.3, 0.4) is 0 Å². The molecule has 0 aromatic heterocycles. The fourth-order valence-corrected chi connectivity index (χ4v) is 3.49. The van der Waals surface area contributed by atoms with Crippen molar-refractivity contribution in [3.63, 3.8) is 0 Å². The van der Waals surface area contributed by atoms with Crippen LogP contribution in [0.2, 0.25) is 10.0 Å². The maximum absolute atomic E-state index is 13.7. The van der Waals surface area contributed by atoms with Gasteiger partial charge in [-0.05, 0) is 48.1 Å². The van der Waals surface area contributed by atoms with Crippen LogP contribution in [0.15, 0.2) is 40.9 Å². The quantitative estimate of drug-likeness (QED) is 0.395. The summed E-state index contributed by atoms with van der Waals surface area (Å²) in [6, 6.07) is 10.4. The van der Waals surface area contributed by atoms with Crippen molar-refractivity contribution >= 4 is 73.9 Å². The van der Waals surface area contributed by atoms with Crippen LogP contribution in [-0.4, -0.2) is 17.4 Å². The molecule has 0 bridgehead atoms. The zero-order valence-corrected chi connectivity index (χ0v) is 17.1. The lowest BCUT2D eigenvalue weighted by molar-refractivity contribution is 0.631. The van der Waals surface area contributed by atoms with Crippen molar-refractivity contribution in [1.29, 1.82) is 0 Å². The Morgan fingerprint density at radius 2 is 1.96 bits per heavy atom. The van der Waals surface area contributed by atoms with E-state index in [1.54, 1.807) is 30.0 Å². The summed E-state index contributed by atoms with van der Waals surface area (Å²) < 4.78 is 14.4. The van der Waals surface area contributed by atoms with Gasteiger partial charge in [-0.3, -0.25) is 0 Å². The van der Waals surface area contributed by atoms with Gasteiger partial charge in [0.2, 0.25) is 0 Å². The van der Waals surface area contributed by atoms with E-state index in [0.29, 0.717) is 31.9 Å². The minimum atomic E-state index is -0.359. The molecule has 0 radical (unpaired) electrons. The molecular weight excluding hydrogens is 454 g/mol. The molecule has 2 N–H and O–H groups in total. The molecule has 0 aliphatic heterocycles. The van der Waals surface area contributed by atoms with Crippen LogP contribution in [0.25, 0.3) is 0 Å². The Morgan fingerprint density at radius 3 is 2.67 bits per heavy atom. The predicted octanol–water partition coefficient (Wildman–Crippen LogP) is 6.11. The molecule has 24 heavy (non-hydrogen) atoms. The standard InChI is InChI=1S/C16H14BrCl2FN2S2/c17-11-2-4-15(14(20)8-11)22-16(23)21-5-6-24-9-10-1-3-12(18)13(19)7-10/h1-4,7-8H,5-6,9H2,(H2,21,22,23). The minimum absolute atomic E-state index is 0.346. The smallest absolute Gasteiger partial charge is 0.170 e. The first-order valence-electron chi connectivity index (χ1n) is 6.97. The zero-order chi connectivity index (χ0) is 17.5. The largest absolute Gasteiger partial charge is 0.362 e. The van der Waals surface area contributed by atoms with E-state index in [-0.39, 0.29) is 5.82 Å². The molecule has 0 saturated heterocycles. The molecule has 0 fully saturated rings. The van der Waals surface area contributed by atoms with Crippen molar-refractivity contribution in [2.45, 2.75) is 5.75 Å². The fourth-order valence-electron chi connectivity index (χ4n) is 1.81. The van der Waals surface area contributed by atoms with Gasteiger partial charge in [-0.25, -0.2) is 4.39 Å².